The number of rotatable bonds is 6. The maximum Gasteiger partial charge on any atom is 0.418 e. The smallest absolute Gasteiger partial charge is 0.418 e. The normalized spacial score (nSPS) is 23.6. The van der Waals surface area contributed by atoms with Crippen molar-refractivity contribution in [3.8, 4) is 0 Å². The number of hydrazine groups is 1. The summed E-state index contributed by atoms with van der Waals surface area (Å²) >= 11 is 0. The van der Waals surface area contributed by atoms with Crippen molar-refractivity contribution in [1.29, 1.82) is 0 Å². The lowest BCUT2D eigenvalue weighted by atomic mass is 9.66. The molecule has 3 N–H and O–H groups in total. The Balaban J connectivity index is 2.02. The number of carbonyl (C=O) groups excluding carboxylic acids is 3. The molecule has 13 nitrogen and oxygen atoms in total. The van der Waals surface area contributed by atoms with E-state index in [1.54, 1.807) is 48.4 Å². The zero-order valence-electron chi connectivity index (χ0n) is 16.8. The molecule has 0 aliphatic carbocycles. The lowest BCUT2D eigenvalue weighted by Gasteiger charge is -2.50. The second kappa shape index (κ2) is 7.94. The Hall–Kier alpha value is -2.97. The molecule has 1 aromatic heterocycles. The van der Waals surface area contributed by atoms with E-state index in [1.807, 2.05) is 6.07 Å². The van der Waals surface area contributed by atoms with Crippen LogP contribution in [0.2, 0.25) is 0 Å². The van der Waals surface area contributed by atoms with Crippen LogP contribution in [0.3, 0.4) is 0 Å². The van der Waals surface area contributed by atoms with Crippen molar-refractivity contribution in [2.45, 2.75) is 44.8 Å². The number of fused-ring (bicyclic) bond motifs is 2. The summed E-state index contributed by atoms with van der Waals surface area (Å²) in [5.74, 6) is -0.807. The molecule has 14 heteroatoms. The van der Waals surface area contributed by atoms with E-state index in [1.165, 1.54) is 0 Å². The van der Waals surface area contributed by atoms with E-state index in [-0.39, 0.29) is 25.9 Å². The van der Waals surface area contributed by atoms with E-state index >= 15 is 0 Å². The molecule has 2 atom stereocenters. The average molecular weight is 457 g/mol. The Bertz CT molecular complexity index is 985. The zero-order chi connectivity index (χ0) is 23.0. The van der Waals surface area contributed by atoms with Crippen LogP contribution in [0, 0.1) is 5.41 Å². The Morgan fingerprint density at radius 2 is 1.97 bits per heavy atom. The van der Waals surface area contributed by atoms with Gasteiger partial charge in [-0.05, 0) is 12.8 Å². The van der Waals surface area contributed by atoms with Crippen LogP contribution in [-0.4, -0.2) is 59.1 Å². The summed E-state index contributed by atoms with van der Waals surface area (Å²) in [7, 11) is -4.97. The number of nitrogens with one attached hydrogen (secondary N) is 2. The van der Waals surface area contributed by atoms with Gasteiger partial charge in [0.15, 0.2) is 25.0 Å². The number of hydrogen-bond acceptors (Lipinski definition) is 7. The van der Waals surface area contributed by atoms with Crippen LogP contribution in [0.4, 0.5) is 9.59 Å². The van der Waals surface area contributed by atoms with Crippen molar-refractivity contribution >= 4 is 28.4 Å². The molecule has 2 aliphatic heterocycles. The summed E-state index contributed by atoms with van der Waals surface area (Å²) in [5.41, 5.74) is 1.23. The molecule has 0 spiro atoms. The highest BCUT2D eigenvalue weighted by atomic mass is 32.3. The molecule has 2 aliphatic rings. The first kappa shape index (κ1) is 22.7. The van der Waals surface area contributed by atoms with E-state index < -0.39 is 45.4 Å². The fraction of sp³-hybridized carbons (Fsp3) is 0.529. The third kappa shape index (κ3) is 4.26. The van der Waals surface area contributed by atoms with Gasteiger partial charge in [-0.25, -0.2) is 9.36 Å². The minimum Gasteiger partial charge on any atom is -0.529 e. The van der Waals surface area contributed by atoms with Gasteiger partial charge in [0.1, 0.15) is 5.54 Å². The molecule has 4 amide bonds. The second-order valence-electron chi connectivity index (χ2n) is 8.07. The number of amides is 4. The number of hydroxylamine groups is 2. The van der Waals surface area contributed by atoms with Gasteiger partial charge in [0.05, 0.1) is 11.5 Å². The van der Waals surface area contributed by atoms with Crippen molar-refractivity contribution < 1.29 is 41.3 Å². The van der Waals surface area contributed by atoms with Crippen LogP contribution in [0.15, 0.2) is 30.6 Å². The van der Waals surface area contributed by atoms with Crippen molar-refractivity contribution in [1.82, 2.24) is 20.8 Å². The van der Waals surface area contributed by atoms with Gasteiger partial charge in [-0.1, -0.05) is 19.9 Å². The summed E-state index contributed by atoms with van der Waals surface area (Å²) in [4.78, 5) is 38.3. The predicted octanol–water partition coefficient (Wildman–Crippen LogP) is -1.66. The Labute approximate surface area is 178 Å². The SMILES string of the molecule is CC(C)(C[n+]1ccccc1)C1(C(=O)NNC(=O)[O-])CCC2CN1C(=O)N2OS(=O)(=O)O. The fourth-order valence-corrected chi connectivity index (χ4v) is 4.84. The molecular formula is C17H23N5O8S. The first-order valence-electron chi connectivity index (χ1n) is 9.37. The van der Waals surface area contributed by atoms with E-state index in [2.05, 4.69) is 9.71 Å². The number of pyridine rings is 1. The van der Waals surface area contributed by atoms with Crippen LogP contribution >= 0.6 is 0 Å². The Kier molecular flexibility index (Phi) is 5.82. The number of nitrogens with zero attached hydrogens (tertiary/aromatic N) is 3. The van der Waals surface area contributed by atoms with Crippen LogP contribution < -0.4 is 20.5 Å². The molecule has 0 aromatic carbocycles. The van der Waals surface area contributed by atoms with Crippen molar-refractivity contribution in [3.05, 3.63) is 30.6 Å². The number of piperidine rings is 1. The highest BCUT2D eigenvalue weighted by Gasteiger charge is 2.65. The standard InChI is InChI=1S/C17H23N5O8S/c1-16(2,11-20-8-4-3-5-9-20)17(13(23)18-19-14(24)25)7-6-12-10-21(17)15(26)22(12)30-31(27,28)29/h3-5,8-9,12,19H,6-7,10-11H2,1-2H3,(H2-,18,23,24,25,27,28,29). The van der Waals surface area contributed by atoms with Gasteiger partial charge in [0, 0.05) is 18.7 Å². The molecule has 0 saturated carbocycles. The van der Waals surface area contributed by atoms with Crippen molar-refractivity contribution in [3.63, 3.8) is 0 Å². The summed E-state index contributed by atoms with van der Waals surface area (Å²) in [6.45, 7) is 3.69. The van der Waals surface area contributed by atoms with Crippen molar-refractivity contribution in [2.75, 3.05) is 6.54 Å². The van der Waals surface area contributed by atoms with Crippen LogP contribution in [0.1, 0.15) is 26.7 Å². The van der Waals surface area contributed by atoms with Gasteiger partial charge >= 0.3 is 16.4 Å². The first-order valence-corrected chi connectivity index (χ1v) is 10.7. The van der Waals surface area contributed by atoms with Crippen LogP contribution in [0.5, 0.6) is 0 Å². The van der Waals surface area contributed by atoms with Crippen molar-refractivity contribution in [2.24, 2.45) is 5.41 Å². The average Bonchev–Trinajstić information content (AvgIpc) is 2.91. The van der Waals surface area contributed by atoms with Gasteiger partial charge in [-0.3, -0.25) is 20.2 Å². The first-order chi connectivity index (χ1) is 14.4. The number of aromatic nitrogens is 1. The lowest BCUT2D eigenvalue weighted by molar-refractivity contribution is -0.710. The summed E-state index contributed by atoms with van der Waals surface area (Å²) in [5, 5.41) is 11.3. The molecule has 2 fully saturated rings. The number of carbonyl (C=O) groups is 3. The lowest BCUT2D eigenvalue weighted by Crippen LogP contribution is -2.72. The molecule has 3 heterocycles. The van der Waals surface area contributed by atoms with Gasteiger partial charge in [0.2, 0.25) is 0 Å². The highest BCUT2D eigenvalue weighted by Crippen LogP contribution is 2.47. The summed E-state index contributed by atoms with van der Waals surface area (Å²) < 4.78 is 37.7. The maximum atomic E-state index is 13.3. The topological polar surface area (TPSA) is 172 Å². The molecule has 2 unspecified atom stereocenters. The van der Waals surface area contributed by atoms with Gasteiger partial charge in [-0.15, -0.1) is 4.28 Å². The molecule has 3 rings (SSSR count). The van der Waals surface area contributed by atoms with E-state index in [9.17, 15) is 27.9 Å². The zero-order valence-corrected chi connectivity index (χ0v) is 17.7. The molecule has 1 aromatic rings. The second-order valence-corrected chi connectivity index (χ2v) is 9.08. The summed E-state index contributed by atoms with van der Waals surface area (Å²) in [6.07, 6.45) is 2.06. The van der Waals surface area contributed by atoms with Gasteiger partial charge in [-0.2, -0.15) is 13.5 Å². The minimum atomic E-state index is -4.97. The quantitative estimate of drug-likeness (QED) is 0.259. The predicted molar refractivity (Wildman–Crippen MR) is 99.4 cm³/mol. The molecule has 2 saturated heterocycles. The molecule has 2 bridgehead atoms. The number of carboxylic acid groups (broad SMARTS) is 1. The minimum absolute atomic E-state index is 0.0595. The van der Waals surface area contributed by atoms with E-state index in [4.69, 9.17) is 4.55 Å². The molecule has 0 radical (unpaired) electrons. The largest absolute Gasteiger partial charge is 0.529 e. The Morgan fingerprint density at radius 1 is 1.32 bits per heavy atom. The van der Waals surface area contributed by atoms with E-state index in [0.29, 0.717) is 5.06 Å². The molecule has 170 valence electrons. The number of hydrogen-bond donors (Lipinski definition) is 3. The van der Waals surface area contributed by atoms with Crippen LogP contribution in [-0.2, 0) is 26.0 Å². The molecule has 31 heavy (non-hydrogen) atoms. The van der Waals surface area contributed by atoms with Crippen LogP contribution in [0.25, 0.3) is 0 Å². The van der Waals surface area contributed by atoms with E-state index in [0.717, 1.165) is 4.90 Å². The third-order valence-corrected chi connectivity index (χ3v) is 6.10. The Morgan fingerprint density at radius 3 is 2.55 bits per heavy atom. The fourth-order valence-electron chi connectivity index (χ4n) is 4.46. The molecular weight excluding hydrogens is 434 g/mol. The van der Waals surface area contributed by atoms with Gasteiger partial charge in [0.25, 0.3) is 5.91 Å². The van der Waals surface area contributed by atoms with Gasteiger partial charge < -0.3 is 14.8 Å². The summed E-state index contributed by atoms with van der Waals surface area (Å²) in [6, 6.07) is 3.75. The maximum absolute atomic E-state index is 13.3. The highest BCUT2D eigenvalue weighted by molar-refractivity contribution is 7.80. The number of urea groups is 1. The monoisotopic (exact) mass is 457 g/mol. The third-order valence-electron chi connectivity index (χ3n) is 5.75.